The zero-order valence-corrected chi connectivity index (χ0v) is 13.6. The molecule has 2 aromatic heterocycles. The van der Waals surface area contributed by atoms with Crippen LogP contribution in [0.2, 0.25) is 0 Å². The molecule has 0 N–H and O–H groups in total. The largest absolute Gasteiger partial charge is 0.422 e. The molecule has 0 bridgehead atoms. The topological polar surface area (TPSA) is 73.5 Å². The van der Waals surface area contributed by atoms with Crippen molar-refractivity contribution in [3.8, 4) is 0 Å². The minimum absolute atomic E-state index is 0.155. The molecule has 0 amide bonds. The number of ether oxygens (including phenoxy) is 2. The predicted molar refractivity (Wildman–Crippen MR) is 86.7 cm³/mol. The van der Waals surface area contributed by atoms with Gasteiger partial charge in [-0.15, -0.1) is 10.2 Å². The van der Waals surface area contributed by atoms with Gasteiger partial charge in [0.15, 0.2) is 0 Å². The fourth-order valence-electron chi connectivity index (χ4n) is 3.22. The summed E-state index contributed by atoms with van der Waals surface area (Å²) in [4.78, 5) is 6.72. The number of aromatic nitrogens is 3. The first-order valence-electron chi connectivity index (χ1n) is 8.56. The van der Waals surface area contributed by atoms with E-state index in [0.29, 0.717) is 25.0 Å². The van der Waals surface area contributed by atoms with Crippen molar-refractivity contribution in [1.29, 1.82) is 0 Å². The second-order valence-electron chi connectivity index (χ2n) is 6.28. The molecule has 24 heavy (non-hydrogen) atoms. The molecule has 0 saturated carbocycles. The third kappa shape index (κ3) is 3.57. The Morgan fingerprint density at radius 1 is 1.17 bits per heavy atom. The molecule has 0 radical (unpaired) electrons. The lowest BCUT2D eigenvalue weighted by Gasteiger charge is -2.31. The van der Waals surface area contributed by atoms with Gasteiger partial charge in [-0.25, -0.2) is 4.98 Å². The van der Waals surface area contributed by atoms with Crippen LogP contribution in [-0.2, 0) is 16.1 Å². The van der Waals surface area contributed by atoms with Gasteiger partial charge in [0.2, 0.25) is 11.8 Å². The Labute approximate surface area is 141 Å². The molecule has 2 fully saturated rings. The lowest BCUT2D eigenvalue weighted by atomic mass is 9.97. The van der Waals surface area contributed by atoms with Crippen LogP contribution in [0.1, 0.15) is 37.0 Å². The van der Waals surface area contributed by atoms with Crippen LogP contribution in [0, 0.1) is 0 Å². The molecular formula is C17H22N4O3. The molecule has 2 aromatic rings. The summed E-state index contributed by atoms with van der Waals surface area (Å²) >= 11 is 0. The van der Waals surface area contributed by atoms with Gasteiger partial charge in [-0.3, -0.25) is 0 Å². The molecule has 2 aliphatic rings. The quantitative estimate of drug-likeness (QED) is 0.831. The lowest BCUT2D eigenvalue weighted by Crippen LogP contribution is -2.33. The lowest BCUT2D eigenvalue weighted by molar-refractivity contribution is 0.0207. The van der Waals surface area contributed by atoms with Crippen LogP contribution < -0.4 is 4.90 Å². The minimum Gasteiger partial charge on any atom is -0.422 e. The standard InChI is InChI=1S/C17H22N4O3/c1-2-7-18-15(3-1)21-8-4-13(5-9-21)17-20-19-16(24-17)12-23-14-6-10-22-11-14/h1-3,7,13-14H,4-6,8-12H2/t14-/m1/s1. The highest BCUT2D eigenvalue weighted by Gasteiger charge is 2.26. The summed E-state index contributed by atoms with van der Waals surface area (Å²) < 4.78 is 16.8. The third-order valence-electron chi connectivity index (χ3n) is 4.63. The van der Waals surface area contributed by atoms with Gasteiger partial charge in [0.25, 0.3) is 0 Å². The van der Waals surface area contributed by atoms with Crippen molar-refractivity contribution >= 4 is 5.82 Å². The highest BCUT2D eigenvalue weighted by atomic mass is 16.5. The Balaban J connectivity index is 1.29. The molecule has 0 spiro atoms. The van der Waals surface area contributed by atoms with Gasteiger partial charge in [0.1, 0.15) is 12.4 Å². The van der Waals surface area contributed by atoms with Gasteiger partial charge in [0, 0.05) is 31.8 Å². The van der Waals surface area contributed by atoms with E-state index in [0.717, 1.165) is 50.7 Å². The van der Waals surface area contributed by atoms with Crippen molar-refractivity contribution in [2.75, 3.05) is 31.2 Å². The first-order chi connectivity index (χ1) is 11.9. The van der Waals surface area contributed by atoms with Crippen LogP contribution in [0.4, 0.5) is 5.82 Å². The normalized spacial score (nSPS) is 22.2. The number of nitrogens with zero attached hydrogens (tertiary/aromatic N) is 4. The van der Waals surface area contributed by atoms with E-state index in [-0.39, 0.29) is 6.10 Å². The molecule has 7 nitrogen and oxygen atoms in total. The summed E-state index contributed by atoms with van der Waals surface area (Å²) in [5.74, 6) is 2.65. The summed E-state index contributed by atoms with van der Waals surface area (Å²) in [6.07, 6.45) is 4.92. The maximum Gasteiger partial charge on any atom is 0.242 e. The Kier molecular flexibility index (Phi) is 4.71. The van der Waals surface area contributed by atoms with Gasteiger partial charge in [-0.1, -0.05) is 6.07 Å². The predicted octanol–water partition coefficient (Wildman–Crippen LogP) is 2.15. The molecule has 4 rings (SSSR count). The molecule has 2 saturated heterocycles. The van der Waals surface area contributed by atoms with E-state index < -0.39 is 0 Å². The van der Waals surface area contributed by atoms with E-state index in [9.17, 15) is 0 Å². The van der Waals surface area contributed by atoms with Gasteiger partial charge >= 0.3 is 0 Å². The van der Waals surface area contributed by atoms with Crippen molar-refractivity contribution in [3.05, 3.63) is 36.2 Å². The first kappa shape index (κ1) is 15.5. The van der Waals surface area contributed by atoms with Crippen molar-refractivity contribution in [1.82, 2.24) is 15.2 Å². The Morgan fingerprint density at radius 2 is 2.08 bits per heavy atom. The van der Waals surface area contributed by atoms with Crippen LogP contribution in [0.15, 0.2) is 28.8 Å². The van der Waals surface area contributed by atoms with Crippen LogP contribution in [0.25, 0.3) is 0 Å². The smallest absolute Gasteiger partial charge is 0.242 e. The van der Waals surface area contributed by atoms with Crippen molar-refractivity contribution < 1.29 is 13.9 Å². The fraction of sp³-hybridized carbons (Fsp3) is 0.588. The maximum atomic E-state index is 5.80. The Hall–Kier alpha value is -1.99. The van der Waals surface area contributed by atoms with E-state index in [1.807, 2.05) is 18.3 Å². The average molecular weight is 330 g/mol. The zero-order valence-electron chi connectivity index (χ0n) is 13.6. The number of hydrogen-bond acceptors (Lipinski definition) is 7. The zero-order chi connectivity index (χ0) is 16.2. The van der Waals surface area contributed by atoms with Crippen LogP contribution in [-0.4, -0.2) is 47.6 Å². The monoisotopic (exact) mass is 330 g/mol. The van der Waals surface area contributed by atoms with Gasteiger partial charge in [-0.2, -0.15) is 0 Å². The highest BCUT2D eigenvalue weighted by Crippen LogP contribution is 2.29. The highest BCUT2D eigenvalue weighted by molar-refractivity contribution is 5.38. The summed E-state index contributed by atoms with van der Waals surface area (Å²) in [7, 11) is 0. The molecule has 2 aliphatic heterocycles. The molecule has 128 valence electrons. The van der Waals surface area contributed by atoms with Gasteiger partial charge < -0.3 is 18.8 Å². The number of anilines is 1. The van der Waals surface area contributed by atoms with Gasteiger partial charge in [0.05, 0.1) is 12.7 Å². The summed E-state index contributed by atoms with van der Waals surface area (Å²) in [6, 6.07) is 6.01. The number of pyridine rings is 1. The minimum atomic E-state index is 0.155. The van der Waals surface area contributed by atoms with E-state index in [4.69, 9.17) is 13.9 Å². The Bertz CT molecular complexity index is 634. The van der Waals surface area contributed by atoms with E-state index in [1.165, 1.54) is 0 Å². The molecule has 7 heteroatoms. The third-order valence-corrected chi connectivity index (χ3v) is 4.63. The van der Waals surface area contributed by atoms with Crippen LogP contribution in [0.5, 0.6) is 0 Å². The molecule has 4 heterocycles. The molecule has 0 aliphatic carbocycles. The Morgan fingerprint density at radius 3 is 2.83 bits per heavy atom. The maximum absolute atomic E-state index is 5.80. The van der Waals surface area contributed by atoms with Crippen molar-refractivity contribution in [2.45, 2.75) is 37.9 Å². The molecule has 0 unspecified atom stereocenters. The van der Waals surface area contributed by atoms with E-state index in [2.05, 4.69) is 26.1 Å². The molecule has 0 aromatic carbocycles. The van der Waals surface area contributed by atoms with E-state index >= 15 is 0 Å². The average Bonchev–Trinajstić information content (AvgIpc) is 3.33. The fourth-order valence-corrected chi connectivity index (χ4v) is 3.22. The number of rotatable bonds is 5. The molecular weight excluding hydrogens is 308 g/mol. The van der Waals surface area contributed by atoms with Crippen LogP contribution >= 0.6 is 0 Å². The second-order valence-corrected chi connectivity index (χ2v) is 6.28. The van der Waals surface area contributed by atoms with E-state index in [1.54, 1.807) is 0 Å². The number of hydrogen-bond donors (Lipinski definition) is 0. The van der Waals surface area contributed by atoms with Gasteiger partial charge in [-0.05, 0) is 31.4 Å². The molecule has 1 atom stereocenters. The SMILES string of the molecule is c1ccc(N2CCC(c3nnc(CO[C@@H]4CCOC4)o3)CC2)nc1. The van der Waals surface area contributed by atoms with Crippen molar-refractivity contribution in [3.63, 3.8) is 0 Å². The summed E-state index contributed by atoms with van der Waals surface area (Å²) in [6.45, 7) is 3.71. The van der Waals surface area contributed by atoms with Crippen molar-refractivity contribution in [2.24, 2.45) is 0 Å². The number of piperidine rings is 1. The summed E-state index contributed by atoms with van der Waals surface area (Å²) in [5, 5.41) is 8.34. The first-order valence-corrected chi connectivity index (χ1v) is 8.56. The summed E-state index contributed by atoms with van der Waals surface area (Å²) in [5.41, 5.74) is 0. The second kappa shape index (κ2) is 7.27. The van der Waals surface area contributed by atoms with Crippen LogP contribution in [0.3, 0.4) is 0 Å².